The Kier molecular flexibility index (Phi) is 4.16. The lowest BCUT2D eigenvalue weighted by Crippen LogP contribution is -2.11. The minimum atomic E-state index is -3.41. The Morgan fingerprint density at radius 3 is 2.63 bits per heavy atom. The molecule has 9 heteroatoms. The summed E-state index contributed by atoms with van der Waals surface area (Å²) in [5.41, 5.74) is 4.77. The van der Waals surface area contributed by atoms with Crippen molar-refractivity contribution in [1.29, 1.82) is 0 Å². The van der Waals surface area contributed by atoms with Crippen LogP contribution in [-0.4, -0.2) is 30.6 Å². The number of hydrogen-bond acceptors (Lipinski definition) is 5. The monoisotopic (exact) mass is 401 g/mol. The largest absolute Gasteiger partial charge is 0.336 e. The van der Waals surface area contributed by atoms with Crippen molar-refractivity contribution >= 4 is 50.2 Å². The SMILES string of the molecule is Cc1[nH]nc2c1N=C(c1ccccc1Cl)c1cc(NS(C)(=O)=O)ccc1N2. The van der Waals surface area contributed by atoms with Gasteiger partial charge in [0.25, 0.3) is 0 Å². The molecule has 0 bridgehead atoms. The second kappa shape index (κ2) is 6.40. The fourth-order valence-corrected chi connectivity index (χ4v) is 3.71. The van der Waals surface area contributed by atoms with Gasteiger partial charge in [-0.2, -0.15) is 5.10 Å². The van der Waals surface area contributed by atoms with Crippen molar-refractivity contribution in [3.63, 3.8) is 0 Å². The first-order chi connectivity index (χ1) is 12.8. The van der Waals surface area contributed by atoms with Gasteiger partial charge in [-0.1, -0.05) is 29.8 Å². The molecule has 0 aliphatic carbocycles. The summed E-state index contributed by atoms with van der Waals surface area (Å²) in [7, 11) is -3.41. The molecule has 7 nitrogen and oxygen atoms in total. The van der Waals surface area contributed by atoms with E-state index in [-0.39, 0.29) is 0 Å². The van der Waals surface area contributed by atoms with Gasteiger partial charge in [0.15, 0.2) is 5.82 Å². The van der Waals surface area contributed by atoms with E-state index in [0.717, 1.165) is 23.2 Å². The quantitative estimate of drug-likeness (QED) is 0.483. The molecule has 0 spiro atoms. The highest BCUT2D eigenvalue weighted by atomic mass is 35.5. The summed E-state index contributed by atoms with van der Waals surface area (Å²) in [6, 6.07) is 12.6. The van der Waals surface area contributed by atoms with Gasteiger partial charge in [0.2, 0.25) is 10.0 Å². The number of benzene rings is 2. The summed E-state index contributed by atoms with van der Waals surface area (Å²) in [6.45, 7) is 1.88. The molecule has 1 aromatic heterocycles. The molecule has 0 saturated carbocycles. The molecule has 1 aliphatic heterocycles. The van der Waals surface area contributed by atoms with E-state index in [9.17, 15) is 8.42 Å². The van der Waals surface area contributed by atoms with Crippen LogP contribution in [0.15, 0.2) is 47.5 Å². The van der Waals surface area contributed by atoms with E-state index >= 15 is 0 Å². The van der Waals surface area contributed by atoms with E-state index in [1.165, 1.54) is 0 Å². The number of halogens is 1. The Morgan fingerprint density at radius 1 is 1.11 bits per heavy atom. The summed E-state index contributed by atoms with van der Waals surface area (Å²) in [4.78, 5) is 4.81. The lowest BCUT2D eigenvalue weighted by atomic mass is 10.00. The Hall–Kier alpha value is -2.84. The lowest BCUT2D eigenvalue weighted by molar-refractivity contribution is 0.607. The highest BCUT2D eigenvalue weighted by Crippen LogP contribution is 2.38. The molecular weight excluding hydrogens is 386 g/mol. The molecule has 0 atom stereocenters. The number of H-pyrrole nitrogens is 1. The number of sulfonamides is 1. The van der Waals surface area contributed by atoms with Crippen LogP contribution in [0.25, 0.3) is 0 Å². The number of hydrogen-bond donors (Lipinski definition) is 3. The maximum Gasteiger partial charge on any atom is 0.229 e. The molecule has 0 fully saturated rings. The van der Waals surface area contributed by atoms with E-state index in [2.05, 4.69) is 20.2 Å². The fraction of sp³-hybridized carbons (Fsp3) is 0.111. The van der Waals surface area contributed by atoms with Gasteiger partial charge in [-0.3, -0.25) is 9.82 Å². The second-order valence-electron chi connectivity index (χ2n) is 6.25. The molecule has 1 aliphatic rings. The van der Waals surface area contributed by atoms with Crippen LogP contribution in [0.2, 0.25) is 5.02 Å². The van der Waals surface area contributed by atoms with Crippen LogP contribution in [0.4, 0.5) is 22.9 Å². The minimum absolute atomic E-state index is 0.440. The van der Waals surface area contributed by atoms with Crippen LogP contribution >= 0.6 is 11.6 Å². The average Bonchev–Trinajstić information content (AvgIpc) is 2.84. The summed E-state index contributed by atoms with van der Waals surface area (Å²) in [5, 5.41) is 11.0. The topological polar surface area (TPSA) is 99.2 Å². The van der Waals surface area contributed by atoms with Gasteiger partial charge < -0.3 is 5.32 Å². The minimum Gasteiger partial charge on any atom is -0.336 e. The number of aliphatic imine (C=N–C) groups is 1. The third-order valence-electron chi connectivity index (χ3n) is 4.10. The summed E-state index contributed by atoms with van der Waals surface area (Å²) < 4.78 is 25.8. The standard InChI is InChI=1S/C18H16ClN5O2S/c1-10-16-18(23-22-10)20-15-8-7-11(24-27(2,25)26)9-13(15)17(21-16)12-5-3-4-6-14(12)19/h3-9,24H,1-2H3,(H2,20,22,23). The average molecular weight is 402 g/mol. The first kappa shape index (κ1) is 17.6. The molecule has 3 N–H and O–H groups in total. The van der Waals surface area contributed by atoms with Crippen LogP contribution in [0.5, 0.6) is 0 Å². The summed E-state index contributed by atoms with van der Waals surface area (Å²) in [6.07, 6.45) is 1.11. The Bertz CT molecular complexity index is 1180. The van der Waals surface area contributed by atoms with Crippen molar-refractivity contribution < 1.29 is 8.42 Å². The van der Waals surface area contributed by atoms with Gasteiger partial charge in [-0.25, -0.2) is 13.4 Å². The first-order valence-corrected chi connectivity index (χ1v) is 10.4. The van der Waals surface area contributed by atoms with Crippen molar-refractivity contribution in [2.45, 2.75) is 6.92 Å². The van der Waals surface area contributed by atoms with Gasteiger partial charge in [-0.15, -0.1) is 0 Å². The van der Waals surface area contributed by atoms with Crippen LogP contribution in [0, 0.1) is 6.92 Å². The molecule has 0 radical (unpaired) electrons. The fourth-order valence-electron chi connectivity index (χ4n) is 2.93. The van der Waals surface area contributed by atoms with Gasteiger partial charge in [-0.05, 0) is 31.2 Å². The molecule has 2 aromatic carbocycles. The molecule has 3 aromatic rings. The zero-order chi connectivity index (χ0) is 19.2. The maximum absolute atomic E-state index is 11.6. The Balaban J connectivity index is 1.97. The van der Waals surface area contributed by atoms with E-state index in [0.29, 0.717) is 33.5 Å². The van der Waals surface area contributed by atoms with Crippen LogP contribution in [0.1, 0.15) is 16.8 Å². The number of aryl methyl sites for hydroxylation is 1. The second-order valence-corrected chi connectivity index (χ2v) is 8.40. The molecule has 0 unspecified atom stereocenters. The van der Waals surface area contributed by atoms with Crippen molar-refractivity contribution in [2.24, 2.45) is 4.99 Å². The van der Waals surface area contributed by atoms with Gasteiger partial charge in [0, 0.05) is 27.5 Å². The number of anilines is 3. The lowest BCUT2D eigenvalue weighted by Gasteiger charge is -2.14. The predicted octanol–water partition coefficient (Wildman–Crippen LogP) is 3.97. The summed E-state index contributed by atoms with van der Waals surface area (Å²) >= 11 is 6.43. The zero-order valence-electron chi connectivity index (χ0n) is 14.5. The van der Waals surface area contributed by atoms with Gasteiger partial charge >= 0.3 is 0 Å². The molecule has 2 heterocycles. The van der Waals surface area contributed by atoms with Crippen LogP contribution in [0.3, 0.4) is 0 Å². The normalized spacial score (nSPS) is 13.1. The third kappa shape index (κ3) is 3.41. The number of nitrogens with zero attached hydrogens (tertiary/aromatic N) is 2. The molecule has 27 heavy (non-hydrogen) atoms. The van der Waals surface area contributed by atoms with Gasteiger partial charge in [0.05, 0.1) is 17.7 Å². The number of aromatic nitrogens is 2. The van der Waals surface area contributed by atoms with Gasteiger partial charge in [0.1, 0.15) is 5.69 Å². The molecule has 0 saturated heterocycles. The molecular formula is C18H16ClN5O2S. The Labute approximate surface area is 161 Å². The molecule has 0 amide bonds. The van der Waals surface area contributed by atoms with Crippen molar-refractivity contribution in [2.75, 3.05) is 16.3 Å². The smallest absolute Gasteiger partial charge is 0.229 e. The maximum atomic E-state index is 11.6. The van der Waals surface area contributed by atoms with Crippen molar-refractivity contribution in [3.05, 3.63) is 64.3 Å². The molecule has 4 rings (SSSR count). The van der Waals surface area contributed by atoms with Crippen LogP contribution in [-0.2, 0) is 10.0 Å². The van der Waals surface area contributed by atoms with E-state index in [1.54, 1.807) is 24.3 Å². The number of fused-ring (bicyclic) bond motifs is 2. The highest BCUT2D eigenvalue weighted by molar-refractivity contribution is 7.92. The van der Waals surface area contributed by atoms with E-state index in [1.807, 2.05) is 25.1 Å². The highest BCUT2D eigenvalue weighted by Gasteiger charge is 2.23. The third-order valence-corrected chi connectivity index (χ3v) is 5.03. The van der Waals surface area contributed by atoms with Crippen molar-refractivity contribution in [1.82, 2.24) is 10.2 Å². The predicted molar refractivity (Wildman–Crippen MR) is 108 cm³/mol. The zero-order valence-corrected chi connectivity index (χ0v) is 16.1. The summed E-state index contributed by atoms with van der Waals surface area (Å²) in [5.74, 6) is 0.597. The first-order valence-electron chi connectivity index (χ1n) is 8.09. The number of nitrogens with one attached hydrogen (secondary N) is 3. The Morgan fingerprint density at radius 2 is 1.89 bits per heavy atom. The van der Waals surface area contributed by atoms with Crippen molar-refractivity contribution in [3.8, 4) is 0 Å². The van der Waals surface area contributed by atoms with Crippen LogP contribution < -0.4 is 10.0 Å². The van der Waals surface area contributed by atoms with E-state index < -0.39 is 10.0 Å². The van der Waals surface area contributed by atoms with E-state index in [4.69, 9.17) is 16.6 Å². The number of rotatable bonds is 3. The molecule has 138 valence electrons. The number of aromatic amines is 1.